The largest absolute Gasteiger partial charge is 0.305 e. The maximum absolute atomic E-state index is 4.23. The fourth-order valence-corrected chi connectivity index (χ4v) is 2.45. The van der Waals surface area contributed by atoms with Crippen LogP contribution in [-0.2, 0) is 14.1 Å². The molecule has 2 heterocycles. The second-order valence-electron chi connectivity index (χ2n) is 4.22. The van der Waals surface area contributed by atoms with Crippen LogP contribution in [0.3, 0.4) is 0 Å². The van der Waals surface area contributed by atoms with E-state index in [2.05, 4.69) is 43.6 Å². The van der Waals surface area contributed by atoms with Gasteiger partial charge in [0.15, 0.2) is 4.60 Å². The van der Waals surface area contributed by atoms with Crippen LogP contribution in [0, 0.1) is 0 Å². The van der Waals surface area contributed by atoms with Gasteiger partial charge in [0.25, 0.3) is 0 Å². The van der Waals surface area contributed by atoms with Gasteiger partial charge in [-0.3, -0.25) is 4.68 Å². The van der Waals surface area contributed by atoms with Gasteiger partial charge in [0, 0.05) is 25.9 Å². The summed E-state index contributed by atoms with van der Waals surface area (Å²) in [6.07, 6.45) is 4.94. The Kier molecular flexibility index (Phi) is 4.13. The highest BCUT2D eigenvalue weighted by Crippen LogP contribution is 2.26. The van der Waals surface area contributed by atoms with Crippen LogP contribution in [-0.4, -0.2) is 31.3 Å². The van der Waals surface area contributed by atoms with E-state index in [0.717, 1.165) is 28.8 Å². The van der Waals surface area contributed by atoms with Crippen molar-refractivity contribution in [2.75, 3.05) is 6.54 Å². The minimum Gasteiger partial charge on any atom is -0.305 e. The normalized spacial score (nSPS) is 12.9. The van der Waals surface area contributed by atoms with Crippen molar-refractivity contribution in [1.29, 1.82) is 0 Å². The number of halogens is 1. The lowest BCUT2D eigenvalue weighted by atomic mass is 10.1. The number of hydrogen-bond donors (Lipinski definition) is 1. The number of rotatable bonds is 5. The van der Waals surface area contributed by atoms with Gasteiger partial charge in [-0.1, -0.05) is 12.1 Å². The SMILES string of the molecule is CCCNC(c1cnn(C)c1)c1c(Br)nnn1C. The Morgan fingerprint density at radius 2 is 2.22 bits per heavy atom. The Balaban J connectivity index is 2.36. The zero-order chi connectivity index (χ0) is 13.1. The van der Waals surface area contributed by atoms with Crippen LogP contribution in [0.2, 0.25) is 0 Å². The Hall–Kier alpha value is -1.21. The number of aromatic nitrogens is 5. The van der Waals surface area contributed by atoms with E-state index in [1.54, 1.807) is 9.36 Å². The highest BCUT2D eigenvalue weighted by Gasteiger charge is 2.22. The molecule has 1 atom stereocenters. The van der Waals surface area contributed by atoms with Crippen molar-refractivity contribution in [1.82, 2.24) is 30.1 Å². The highest BCUT2D eigenvalue weighted by molar-refractivity contribution is 9.10. The average Bonchev–Trinajstić information content (AvgIpc) is 2.90. The molecule has 18 heavy (non-hydrogen) atoms. The summed E-state index contributed by atoms with van der Waals surface area (Å²) in [5, 5.41) is 15.8. The van der Waals surface area contributed by atoms with Gasteiger partial charge in [-0.15, -0.1) is 5.10 Å². The number of aryl methyl sites for hydroxylation is 2. The average molecular weight is 313 g/mol. The third kappa shape index (κ3) is 2.62. The fourth-order valence-electron chi connectivity index (χ4n) is 1.90. The van der Waals surface area contributed by atoms with E-state index in [9.17, 15) is 0 Å². The molecule has 1 unspecified atom stereocenters. The predicted molar refractivity (Wildman–Crippen MR) is 72.0 cm³/mol. The van der Waals surface area contributed by atoms with Crippen molar-refractivity contribution in [2.45, 2.75) is 19.4 Å². The van der Waals surface area contributed by atoms with Gasteiger partial charge in [0.2, 0.25) is 0 Å². The van der Waals surface area contributed by atoms with Crippen LogP contribution >= 0.6 is 15.9 Å². The van der Waals surface area contributed by atoms with Gasteiger partial charge < -0.3 is 5.32 Å². The van der Waals surface area contributed by atoms with E-state index in [4.69, 9.17) is 0 Å². The van der Waals surface area contributed by atoms with Crippen molar-refractivity contribution in [3.05, 3.63) is 28.3 Å². The first kappa shape index (κ1) is 13.2. The molecule has 98 valence electrons. The summed E-state index contributed by atoms with van der Waals surface area (Å²) in [7, 11) is 3.81. The minimum atomic E-state index is 0.0491. The van der Waals surface area contributed by atoms with Gasteiger partial charge in [-0.05, 0) is 28.9 Å². The second kappa shape index (κ2) is 5.62. The van der Waals surface area contributed by atoms with E-state index < -0.39 is 0 Å². The molecular weight excluding hydrogens is 296 g/mol. The van der Waals surface area contributed by atoms with Crippen LogP contribution < -0.4 is 5.32 Å². The molecule has 0 radical (unpaired) electrons. The maximum atomic E-state index is 4.23. The molecule has 6 nitrogen and oxygen atoms in total. The standard InChI is InChI=1S/C11H17BrN6/c1-4-5-13-9(8-6-14-17(2)7-8)10-11(12)15-16-18(10)3/h6-7,9,13H,4-5H2,1-3H3. The van der Waals surface area contributed by atoms with Crippen LogP contribution in [0.4, 0.5) is 0 Å². The maximum Gasteiger partial charge on any atom is 0.153 e. The van der Waals surface area contributed by atoms with E-state index in [0.29, 0.717) is 0 Å². The summed E-state index contributed by atoms with van der Waals surface area (Å²) in [5.41, 5.74) is 2.12. The first-order chi connectivity index (χ1) is 8.63. The number of hydrogen-bond acceptors (Lipinski definition) is 4. The molecule has 0 amide bonds. The predicted octanol–water partition coefficient (Wildman–Crippen LogP) is 1.40. The smallest absolute Gasteiger partial charge is 0.153 e. The summed E-state index contributed by atoms with van der Waals surface area (Å²) in [4.78, 5) is 0. The lowest BCUT2D eigenvalue weighted by molar-refractivity contribution is 0.549. The topological polar surface area (TPSA) is 60.6 Å². The highest BCUT2D eigenvalue weighted by atomic mass is 79.9. The zero-order valence-electron chi connectivity index (χ0n) is 10.8. The fraction of sp³-hybridized carbons (Fsp3) is 0.545. The molecule has 2 rings (SSSR count). The molecule has 0 saturated carbocycles. The van der Waals surface area contributed by atoms with Crippen molar-refractivity contribution < 1.29 is 0 Å². The van der Waals surface area contributed by atoms with Gasteiger partial charge in [-0.25, -0.2) is 4.68 Å². The summed E-state index contributed by atoms with van der Waals surface area (Å²) in [5.74, 6) is 0. The summed E-state index contributed by atoms with van der Waals surface area (Å²) < 4.78 is 4.35. The Morgan fingerprint density at radius 1 is 1.44 bits per heavy atom. The molecule has 0 fully saturated rings. The van der Waals surface area contributed by atoms with Crippen molar-refractivity contribution in [2.24, 2.45) is 14.1 Å². The monoisotopic (exact) mass is 312 g/mol. The first-order valence-corrected chi connectivity index (χ1v) is 6.69. The van der Waals surface area contributed by atoms with Gasteiger partial charge in [-0.2, -0.15) is 5.10 Å². The molecule has 2 aromatic rings. The molecule has 0 spiro atoms. The molecule has 0 aliphatic rings. The van der Waals surface area contributed by atoms with Gasteiger partial charge in [0.05, 0.1) is 17.9 Å². The van der Waals surface area contributed by atoms with E-state index in [1.807, 2.05) is 26.5 Å². The molecule has 1 N–H and O–H groups in total. The molecule has 0 aliphatic carbocycles. The quantitative estimate of drug-likeness (QED) is 0.906. The van der Waals surface area contributed by atoms with Crippen LogP contribution in [0.15, 0.2) is 17.0 Å². The summed E-state index contributed by atoms with van der Waals surface area (Å²) >= 11 is 3.45. The molecule has 0 saturated heterocycles. The van der Waals surface area contributed by atoms with Crippen LogP contribution in [0.25, 0.3) is 0 Å². The van der Waals surface area contributed by atoms with Gasteiger partial charge >= 0.3 is 0 Å². The molecule has 0 bridgehead atoms. The second-order valence-corrected chi connectivity index (χ2v) is 4.97. The van der Waals surface area contributed by atoms with Crippen LogP contribution in [0.5, 0.6) is 0 Å². The molecule has 2 aromatic heterocycles. The minimum absolute atomic E-state index is 0.0491. The Labute approximate surface area is 114 Å². The van der Waals surface area contributed by atoms with Crippen molar-refractivity contribution in [3.8, 4) is 0 Å². The summed E-state index contributed by atoms with van der Waals surface area (Å²) in [6, 6.07) is 0.0491. The van der Waals surface area contributed by atoms with E-state index in [1.165, 1.54) is 0 Å². The molecular formula is C11H17BrN6. The van der Waals surface area contributed by atoms with Gasteiger partial charge in [0.1, 0.15) is 0 Å². The third-order valence-electron chi connectivity index (χ3n) is 2.76. The zero-order valence-corrected chi connectivity index (χ0v) is 12.3. The number of nitrogens with zero attached hydrogens (tertiary/aromatic N) is 5. The van der Waals surface area contributed by atoms with Crippen LogP contribution in [0.1, 0.15) is 30.6 Å². The number of nitrogens with one attached hydrogen (secondary N) is 1. The van der Waals surface area contributed by atoms with E-state index >= 15 is 0 Å². The van der Waals surface area contributed by atoms with Crippen molar-refractivity contribution >= 4 is 15.9 Å². The summed E-state index contributed by atoms with van der Waals surface area (Å²) in [6.45, 7) is 3.07. The third-order valence-corrected chi connectivity index (χ3v) is 3.32. The molecule has 7 heteroatoms. The first-order valence-electron chi connectivity index (χ1n) is 5.90. The lowest BCUT2D eigenvalue weighted by Gasteiger charge is -2.17. The van der Waals surface area contributed by atoms with Crippen molar-refractivity contribution in [3.63, 3.8) is 0 Å². The Bertz CT molecular complexity index is 498. The van der Waals surface area contributed by atoms with E-state index in [-0.39, 0.29) is 6.04 Å². The molecule has 0 aliphatic heterocycles. The molecule has 0 aromatic carbocycles. The Morgan fingerprint density at radius 3 is 2.72 bits per heavy atom. The lowest BCUT2D eigenvalue weighted by Crippen LogP contribution is -2.25.